The molecule has 1 aromatic heterocycles. The summed E-state index contributed by atoms with van der Waals surface area (Å²) in [7, 11) is -3.01. The summed E-state index contributed by atoms with van der Waals surface area (Å²) in [5, 5.41) is 6.43. The van der Waals surface area contributed by atoms with E-state index in [1.54, 1.807) is 12.1 Å². The average Bonchev–Trinajstić information content (AvgIpc) is 2.48. The fraction of sp³-hybridized carbons (Fsp3) is 0.333. The number of hydrogen-bond acceptors (Lipinski definition) is 6. The Morgan fingerprint density at radius 2 is 2.05 bits per heavy atom. The lowest BCUT2D eigenvalue weighted by Crippen LogP contribution is -2.25. The molecule has 0 unspecified atom stereocenters. The number of aromatic nitrogens is 2. The molecule has 7 heteroatoms. The highest BCUT2D eigenvalue weighted by atomic mass is 32.2. The zero-order valence-electron chi connectivity index (χ0n) is 12.3. The van der Waals surface area contributed by atoms with Crippen LogP contribution in [-0.2, 0) is 28.6 Å². The van der Waals surface area contributed by atoms with Gasteiger partial charge in [-0.15, -0.1) is 0 Å². The second-order valence-corrected chi connectivity index (χ2v) is 7.62. The number of fused-ring (bicyclic) bond motifs is 1. The summed E-state index contributed by atoms with van der Waals surface area (Å²) < 4.78 is 22.5. The van der Waals surface area contributed by atoms with Crippen LogP contribution in [-0.4, -0.2) is 31.2 Å². The Morgan fingerprint density at radius 1 is 1.27 bits per heavy atom. The molecule has 2 heterocycles. The Kier molecular flexibility index (Phi) is 4.08. The largest absolute Gasteiger partial charge is 0.324 e. The van der Waals surface area contributed by atoms with Gasteiger partial charge in [0.1, 0.15) is 0 Å². The molecule has 116 valence electrons. The highest BCUT2D eigenvalue weighted by molar-refractivity contribution is 7.89. The van der Waals surface area contributed by atoms with Crippen molar-refractivity contribution in [3.8, 4) is 0 Å². The smallest absolute Gasteiger partial charge is 0.227 e. The molecule has 0 bridgehead atoms. The normalized spacial score (nSPS) is 14.4. The summed E-state index contributed by atoms with van der Waals surface area (Å²) in [6, 6.07) is 7.26. The van der Waals surface area contributed by atoms with Gasteiger partial charge in [0.05, 0.1) is 11.4 Å². The van der Waals surface area contributed by atoms with Crippen LogP contribution in [0, 0.1) is 0 Å². The number of rotatable bonds is 4. The van der Waals surface area contributed by atoms with Crippen molar-refractivity contribution in [1.82, 2.24) is 15.3 Å². The van der Waals surface area contributed by atoms with Gasteiger partial charge in [0, 0.05) is 24.7 Å². The number of anilines is 2. The van der Waals surface area contributed by atoms with Gasteiger partial charge in [-0.2, -0.15) is 0 Å². The Hall–Kier alpha value is -1.99. The van der Waals surface area contributed by atoms with Crippen LogP contribution >= 0.6 is 0 Å². The van der Waals surface area contributed by atoms with Gasteiger partial charge in [0.25, 0.3) is 0 Å². The highest BCUT2D eigenvalue weighted by Gasteiger charge is 2.11. The number of hydrogen-bond donors (Lipinski definition) is 2. The predicted octanol–water partition coefficient (Wildman–Crippen LogP) is 1.41. The van der Waals surface area contributed by atoms with Crippen LogP contribution < -0.4 is 10.6 Å². The van der Waals surface area contributed by atoms with Crippen LogP contribution in [0.15, 0.2) is 30.5 Å². The van der Waals surface area contributed by atoms with Crippen molar-refractivity contribution >= 4 is 21.5 Å². The lowest BCUT2D eigenvalue weighted by atomic mass is 10.1. The third kappa shape index (κ3) is 3.80. The van der Waals surface area contributed by atoms with Gasteiger partial charge in [0.2, 0.25) is 5.95 Å². The molecule has 2 aromatic rings. The molecule has 0 spiro atoms. The van der Waals surface area contributed by atoms with Crippen LogP contribution in [0.2, 0.25) is 0 Å². The average molecular weight is 318 g/mol. The standard InChI is InChI=1S/C15H18N4O2S/c1-22(20,21)10-11-2-4-13(5-3-11)18-15-17-8-12-6-7-16-9-14(12)19-15/h2-5,8,16H,6-7,9-10H2,1H3,(H,17,18,19). The van der Waals surface area contributed by atoms with E-state index in [4.69, 9.17) is 0 Å². The van der Waals surface area contributed by atoms with E-state index in [1.807, 2.05) is 18.3 Å². The Bertz CT molecular complexity index is 773. The fourth-order valence-corrected chi connectivity index (χ4v) is 3.21. The van der Waals surface area contributed by atoms with Crippen LogP contribution in [0.4, 0.5) is 11.6 Å². The first kappa shape index (κ1) is 14.9. The van der Waals surface area contributed by atoms with E-state index in [9.17, 15) is 8.42 Å². The zero-order chi connectivity index (χ0) is 15.6. The second-order valence-electron chi connectivity index (χ2n) is 5.48. The minimum atomic E-state index is -3.01. The van der Waals surface area contributed by atoms with Crippen LogP contribution in [0.25, 0.3) is 0 Å². The molecule has 0 saturated heterocycles. The van der Waals surface area contributed by atoms with Gasteiger partial charge in [-0.25, -0.2) is 18.4 Å². The first-order valence-corrected chi connectivity index (χ1v) is 9.15. The Morgan fingerprint density at radius 3 is 2.77 bits per heavy atom. The van der Waals surface area contributed by atoms with E-state index in [1.165, 1.54) is 11.8 Å². The van der Waals surface area contributed by atoms with Crippen molar-refractivity contribution in [3.05, 3.63) is 47.3 Å². The van der Waals surface area contributed by atoms with Crippen molar-refractivity contribution in [2.24, 2.45) is 0 Å². The molecular formula is C15H18N4O2S. The molecule has 22 heavy (non-hydrogen) atoms. The van der Waals surface area contributed by atoms with Gasteiger partial charge < -0.3 is 10.6 Å². The summed E-state index contributed by atoms with van der Waals surface area (Å²) in [4.78, 5) is 8.83. The number of benzene rings is 1. The summed E-state index contributed by atoms with van der Waals surface area (Å²) in [6.07, 6.45) is 4.05. The molecule has 3 rings (SSSR count). The van der Waals surface area contributed by atoms with E-state index in [0.717, 1.165) is 36.5 Å². The van der Waals surface area contributed by atoms with Crippen LogP contribution in [0.3, 0.4) is 0 Å². The Balaban J connectivity index is 1.73. The lowest BCUT2D eigenvalue weighted by Gasteiger charge is -2.16. The maximum atomic E-state index is 11.3. The number of sulfone groups is 1. The zero-order valence-corrected chi connectivity index (χ0v) is 13.2. The highest BCUT2D eigenvalue weighted by Crippen LogP contribution is 2.17. The summed E-state index contributed by atoms with van der Waals surface area (Å²) in [6.45, 7) is 1.73. The monoisotopic (exact) mass is 318 g/mol. The van der Waals surface area contributed by atoms with Gasteiger partial charge in [-0.05, 0) is 36.2 Å². The summed E-state index contributed by atoms with van der Waals surface area (Å²) >= 11 is 0. The molecule has 1 aliphatic heterocycles. The minimum Gasteiger partial charge on any atom is -0.324 e. The van der Waals surface area contributed by atoms with E-state index < -0.39 is 9.84 Å². The van der Waals surface area contributed by atoms with Crippen molar-refractivity contribution in [2.75, 3.05) is 18.1 Å². The first-order valence-electron chi connectivity index (χ1n) is 7.09. The Labute approximate surface area is 129 Å². The third-order valence-electron chi connectivity index (χ3n) is 3.46. The maximum Gasteiger partial charge on any atom is 0.227 e. The molecule has 0 saturated carbocycles. The van der Waals surface area contributed by atoms with E-state index in [-0.39, 0.29) is 5.75 Å². The van der Waals surface area contributed by atoms with Crippen molar-refractivity contribution < 1.29 is 8.42 Å². The topological polar surface area (TPSA) is 84.0 Å². The number of nitrogens with zero attached hydrogens (tertiary/aromatic N) is 2. The third-order valence-corrected chi connectivity index (χ3v) is 4.31. The molecular weight excluding hydrogens is 300 g/mol. The molecule has 1 aliphatic rings. The predicted molar refractivity (Wildman–Crippen MR) is 85.7 cm³/mol. The van der Waals surface area contributed by atoms with Crippen molar-refractivity contribution in [1.29, 1.82) is 0 Å². The van der Waals surface area contributed by atoms with Crippen molar-refractivity contribution in [3.63, 3.8) is 0 Å². The lowest BCUT2D eigenvalue weighted by molar-refractivity contribution is 0.601. The summed E-state index contributed by atoms with van der Waals surface area (Å²) in [5.74, 6) is 0.604. The molecule has 0 fully saturated rings. The minimum absolute atomic E-state index is 0.0499. The van der Waals surface area contributed by atoms with Crippen molar-refractivity contribution in [2.45, 2.75) is 18.7 Å². The maximum absolute atomic E-state index is 11.3. The SMILES string of the molecule is CS(=O)(=O)Cc1ccc(Nc2ncc3c(n2)CNCC3)cc1. The molecule has 0 aliphatic carbocycles. The number of nitrogens with one attached hydrogen (secondary N) is 2. The van der Waals surface area contributed by atoms with Gasteiger partial charge in [-0.3, -0.25) is 0 Å². The van der Waals surface area contributed by atoms with Gasteiger partial charge in [0.15, 0.2) is 9.84 Å². The second kappa shape index (κ2) is 6.02. The molecule has 0 radical (unpaired) electrons. The van der Waals surface area contributed by atoms with Crippen LogP contribution in [0.5, 0.6) is 0 Å². The fourth-order valence-electron chi connectivity index (χ4n) is 2.41. The molecule has 1 aromatic carbocycles. The molecule has 0 atom stereocenters. The quantitative estimate of drug-likeness (QED) is 0.887. The van der Waals surface area contributed by atoms with Gasteiger partial charge >= 0.3 is 0 Å². The van der Waals surface area contributed by atoms with E-state index >= 15 is 0 Å². The van der Waals surface area contributed by atoms with Crippen LogP contribution in [0.1, 0.15) is 16.8 Å². The molecule has 6 nitrogen and oxygen atoms in total. The molecule has 2 N–H and O–H groups in total. The van der Waals surface area contributed by atoms with Gasteiger partial charge in [-0.1, -0.05) is 12.1 Å². The summed E-state index contributed by atoms with van der Waals surface area (Å²) in [5.41, 5.74) is 3.81. The molecule has 0 amide bonds. The van der Waals surface area contributed by atoms with E-state index in [2.05, 4.69) is 20.6 Å². The first-order chi connectivity index (χ1) is 10.5. The van der Waals surface area contributed by atoms with E-state index in [0.29, 0.717) is 5.95 Å².